The molecule has 7 nitrogen and oxygen atoms in total. The summed E-state index contributed by atoms with van der Waals surface area (Å²) < 4.78 is 27.8. The van der Waals surface area contributed by atoms with Crippen LogP contribution in [0.4, 0.5) is 11.4 Å². The molecule has 0 aliphatic rings. The Morgan fingerprint density at radius 3 is 1.69 bits per heavy atom. The van der Waals surface area contributed by atoms with Crippen molar-refractivity contribution in [3.8, 4) is 0 Å². The molecule has 2 aromatic carbocycles. The van der Waals surface area contributed by atoms with Gasteiger partial charge in [0.1, 0.15) is 0 Å². The van der Waals surface area contributed by atoms with Gasteiger partial charge in [-0.25, -0.2) is 8.42 Å². The summed E-state index contributed by atoms with van der Waals surface area (Å²) in [5.74, 6) is 0.0397. The third-order valence-corrected chi connectivity index (χ3v) is 7.50. The maximum Gasteiger partial charge on any atom is 0.255 e. The standard InChI is InChI=1S/C27H39N3O4S/c1-7-21(8-2)26(31)28-23-11-9-22(10-12-23)27(32)29-24-13-15-25(16-14-24)35(33,34)30(17-19(3)4)18-20(5)6/h9-16,19-21H,7-8,17-18H2,1-6H3,(H,28,31)(H,29,32). The van der Waals surface area contributed by atoms with Crippen LogP contribution in [0.25, 0.3) is 0 Å². The number of sulfonamides is 1. The van der Waals surface area contributed by atoms with E-state index >= 15 is 0 Å². The lowest BCUT2D eigenvalue weighted by molar-refractivity contribution is -0.120. The Morgan fingerprint density at radius 1 is 0.771 bits per heavy atom. The molecule has 2 rings (SSSR count). The van der Waals surface area contributed by atoms with E-state index in [0.29, 0.717) is 30.0 Å². The van der Waals surface area contributed by atoms with Gasteiger partial charge in [-0.15, -0.1) is 0 Å². The second-order valence-electron chi connectivity index (χ2n) is 9.67. The molecule has 0 aliphatic heterocycles. The summed E-state index contributed by atoms with van der Waals surface area (Å²) in [5.41, 5.74) is 1.57. The number of benzene rings is 2. The van der Waals surface area contributed by atoms with Crippen LogP contribution in [0.3, 0.4) is 0 Å². The van der Waals surface area contributed by atoms with Crippen LogP contribution in [0, 0.1) is 17.8 Å². The third kappa shape index (κ3) is 8.18. The van der Waals surface area contributed by atoms with Gasteiger partial charge in [-0.3, -0.25) is 9.59 Å². The maximum atomic E-state index is 13.2. The summed E-state index contributed by atoms with van der Waals surface area (Å²) >= 11 is 0. The highest BCUT2D eigenvalue weighted by molar-refractivity contribution is 7.89. The molecule has 2 N–H and O–H groups in total. The number of carbonyl (C=O) groups is 2. The minimum Gasteiger partial charge on any atom is -0.326 e. The second kappa shape index (κ2) is 12.8. The van der Waals surface area contributed by atoms with E-state index in [2.05, 4.69) is 10.6 Å². The highest BCUT2D eigenvalue weighted by Gasteiger charge is 2.26. The van der Waals surface area contributed by atoms with Gasteiger partial charge in [0.05, 0.1) is 4.90 Å². The fourth-order valence-corrected chi connectivity index (χ4v) is 5.52. The number of carbonyl (C=O) groups excluding carboxylic acids is 2. The van der Waals surface area contributed by atoms with E-state index in [1.807, 2.05) is 41.5 Å². The van der Waals surface area contributed by atoms with Crippen LogP contribution in [-0.2, 0) is 14.8 Å². The molecule has 0 atom stereocenters. The van der Waals surface area contributed by atoms with Crippen LogP contribution in [0.15, 0.2) is 53.4 Å². The molecule has 0 unspecified atom stereocenters. The van der Waals surface area contributed by atoms with E-state index in [1.165, 1.54) is 16.4 Å². The minimum absolute atomic E-state index is 0.0254. The number of nitrogens with zero attached hydrogens (tertiary/aromatic N) is 1. The second-order valence-corrected chi connectivity index (χ2v) is 11.6. The average Bonchev–Trinajstić information content (AvgIpc) is 2.79. The molecule has 0 bridgehead atoms. The topological polar surface area (TPSA) is 95.6 Å². The number of hydrogen-bond donors (Lipinski definition) is 2. The number of anilines is 2. The fraction of sp³-hybridized carbons (Fsp3) is 0.481. The van der Waals surface area contributed by atoms with Gasteiger partial charge in [0.2, 0.25) is 15.9 Å². The summed E-state index contributed by atoms with van der Waals surface area (Å²) in [6.45, 7) is 12.8. The number of amides is 2. The summed E-state index contributed by atoms with van der Waals surface area (Å²) in [4.78, 5) is 25.1. The summed E-state index contributed by atoms with van der Waals surface area (Å²) in [5, 5.41) is 5.67. The monoisotopic (exact) mass is 501 g/mol. The maximum absolute atomic E-state index is 13.2. The third-order valence-electron chi connectivity index (χ3n) is 5.66. The van der Waals surface area contributed by atoms with Gasteiger partial charge in [0.15, 0.2) is 0 Å². The summed E-state index contributed by atoms with van der Waals surface area (Å²) in [7, 11) is -3.63. The first-order chi connectivity index (χ1) is 16.5. The molecule has 0 saturated carbocycles. The van der Waals surface area contributed by atoms with Crippen LogP contribution in [0.1, 0.15) is 64.7 Å². The van der Waals surface area contributed by atoms with Gasteiger partial charge in [0.25, 0.3) is 5.91 Å². The molecular weight excluding hydrogens is 462 g/mol. The van der Waals surface area contributed by atoms with E-state index in [0.717, 1.165) is 12.8 Å². The van der Waals surface area contributed by atoms with Gasteiger partial charge in [0, 0.05) is 35.9 Å². The van der Waals surface area contributed by atoms with Crippen LogP contribution < -0.4 is 10.6 Å². The number of nitrogens with one attached hydrogen (secondary N) is 2. The molecule has 8 heteroatoms. The first-order valence-electron chi connectivity index (χ1n) is 12.3. The first-order valence-corrected chi connectivity index (χ1v) is 13.7. The van der Waals surface area contributed by atoms with Crippen LogP contribution in [-0.4, -0.2) is 37.6 Å². The quantitative estimate of drug-likeness (QED) is 0.395. The van der Waals surface area contributed by atoms with Crippen LogP contribution in [0.5, 0.6) is 0 Å². The molecule has 0 radical (unpaired) electrons. The molecule has 35 heavy (non-hydrogen) atoms. The number of hydrogen-bond acceptors (Lipinski definition) is 4. The highest BCUT2D eigenvalue weighted by atomic mass is 32.2. The Balaban J connectivity index is 2.08. The Labute approximate surface area is 210 Å². The molecule has 2 amide bonds. The van der Waals surface area contributed by atoms with Crippen LogP contribution >= 0.6 is 0 Å². The van der Waals surface area contributed by atoms with Crippen molar-refractivity contribution in [2.24, 2.45) is 17.8 Å². The van der Waals surface area contributed by atoms with E-state index in [4.69, 9.17) is 0 Å². The molecular formula is C27H39N3O4S. The Morgan fingerprint density at radius 2 is 1.23 bits per heavy atom. The largest absolute Gasteiger partial charge is 0.326 e. The average molecular weight is 502 g/mol. The molecule has 0 heterocycles. The SMILES string of the molecule is CCC(CC)C(=O)Nc1ccc(C(=O)Nc2ccc(S(=O)(=O)N(CC(C)C)CC(C)C)cc2)cc1. The van der Waals surface area contributed by atoms with Gasteiger partial charge in [-0.2, -0.15) is 4.31 Å². The normalized spacial score (nSPS) is 11.9. The van der Waals surface area contributed by atoms with Gasteiger partial charge in [-0.05, 0) is 73.2 Å². The van der Waals surface area contributed by atoms with Crippen molar-refractivity contribution in [3.63, 3.8) is 0 Å². The smallest absolute Gasteiger partial charge is 0.255 e. The molecule has 0 aliphatic carbocycles. The molecule has 0 saturated heterocycles. The van der Waals surface area contributed by atoms with Crippen LogP contribution in [0.2, 0.25) is 0 Å². The van der Waals surface area contributed by atoms with Gasteiger partial charge >= 0.3 is 0 Å². The minimum atomic E-state index is -3.63. The number of rotatable bonds is 12. The van der Waals surface area contributed by atoms with Crippen molar-refractivity contribution >= 4 is 33.2 Å². The molecule has 2 aromatic rings. The summed E-state index contributed by atoms with van der Waals surface area (Å²) in [6.07, 6.45) is 1.55. The van der Waals surface area contributed by atoms with Crippen molar-refractivity contribution in [2.45, 2.75) is 59.3 Å². The molecule has 0 spiro atoms. The first kappa shape index (κ1) is 28.5. The van der Waals surface area contributed by atoms with Crippen molar-refractivity contribution in [1.82, 2.24) is 4.31 Å². The lowest BCUT2D eigenvalue weighted by Gasteiger charge is -2.25. The summed E-state index contributed by atoms with van der Waals surface area (Å²) in [6, 6.07) is 12.9. The molecule has 0 aromatic heterocycles. The Hall–Kier alpha value is -2.71. The molecule has 192 valence electrons. The van der Waals surface area contributed by atoms with E-state index in [9.17, 15) is 18.0 Å². The van der Waals surface area contributed by atoms with E-state index in [-0.39, 0.29) is 34.5 Å². The van der Waals surface area contributed by atoms with Crippen molar-refractivity contribution in [3.05, 3.63) is 54.1 Å². The zero-order valence-electron chi connectivity index (χ0n) is 21.7. The predicted molar refractivity (Wildman–Crippen MR) is 142 cm³/mol. The Kier molecular flexibility index (Phi) is 10.5. The lowest BCUT2D eigenvalue weighted by Crippen LogP contribution is -2.37. The van der Waals surface area contributed by atoms with Crippen molar-refractivity contribution in [1.29, 1.82) is 0 Å². The lowest BCUT2D eigenvalue weighted by atomic mass is 10.0. The van der Waals surface area contributed by atoms with E-state index in [1.54, 1.807) is 36.4 Å². The van der Waals surface area contributed by atoms with Crippen molar-refractivity contribution in [2.75, 3.05) is 23.7 Å². The molecule has 0 fully saturated rings. The van der Waals surface area contributed by atoms with Gasteiger partial charge < -0.3 is 10.6 Å². The zero-order chi connectivity index (χ0) is 26.2. The predicted octanol–water partition coefficient (Wildman–Crippen LogP) is 5.62. The fourth-order valence-electron chi connectivity index (χ4n) is 3.76. The Bertz CT molecular complexity index is 1060. The highest BCUT2D eigenvalue weighted by Crippen LogP contribution is 2.22. The van der Waals surface area contributed by atoms with E-state index < -0.39 is 10.0 Å². The van der Waals surface area contributed by atoms with Crippen molar-refractivity contribution < 1.29 is 18.0 Å². The van der Waals surface area contributed by atoms with Gasteiger partial charge in [-0.1, -0.05) is 41.5 Å². The zero-order valence-corrected chi connectivity index (χ0v) is 22.5.